The normalized spacial score (nSPS) is 25.8. The van der Waals surface area contributed by atoms with Crippen LogP contribution in [0.3, 0.4) is 0 Å². The van der Waals surface area contributed by atoms with E-state index in [4.69, 9.17) is 0 Å². The van der Waals surface area contributed by atoms with Gasteiger partial charge >= 0.3 is 0 Å². The Labute approximate surface area is 127 Å². The molecule has 2 nitrogen and oxygen atoms in total. The number of aryl methyl sites for hydroxylation is 1. The number of aliphatic hydroxyl groups excluding tert-OH is 1. The third kappa shape index (κ3) is 2.91. The molecule has 1 aromatic carbocycles. The summed E-state index contributed by atoms with van der Waals surface area (Å²) in [7, 11) is 0. The molecule has 0 heterocycles. The molecular weight excluding hydrogens is 260 g/mol. The van der Waals surface area contributed by atoms with E-state index >= 15 is 0 Å². The van der Waals surface area contributed by atoms with Crippen LogP contribution in [0, 0.1) is 17.8 Å². The Hall–Kier alpha value is -1.54. The molecule has 114 valence electrons. The first-order valence-corrected chi connectivity index (χ1v) is 7.50. The molecule has 2 rings (SSSR count). The number of allylic oxidation sites excluding steroid dienone is 2. The average molecular weight is 286 g/mol. The summed E-state index contributed by atoms with van der Waals surface area (Å²) >= 11 is 0. The zero-order chi connectivity index (χ0) is 15.8. The second-order valence-corrected chi connectivity index (χ2v) is 7.34. The SMILES string of the molecule is Cc1ccc(O)c(CC2=CC=CC(C)(C(C)(C)C)C2O)c1. The number of rotatable bonds is 2. The minimum absolute atomic E-state index is 0.0446. The first-order chi connectivity index (χ1) is 9.65. The van der Waals surface area contributed by atoms with Crippen LogP contribution < -0.4 is 0 Å². The van der Waals surface area contributed by atoms with E-state index in [1.165, 1.54) is 0 Å². The highest BCUT2D eigenvalue weighted by Gasteiger charge is 2.43. The molecule has 0 aromatic heterocycles. The van der Waals surface area contributed by atoms with Crippen molar-refractivity contribution in [3.05, 3.63) is 53.1 Å². The van der Waals surface area contributed by atoms with Gasteiger partial charge in [0.05, 0.1) is 6.10 Å². The number of phenols is 1. The minimum Gasteiger partial charge on any atom is -0.508 e. The van der Waals surface area contributed by atoms with Crippen LogP contribution in [-0.2, 0) is 6.42 Å². The molecule has 2 atom stereocenters. The Kier molecular flexibility index (Phi) is 4.03. The zero-order valence-electron chi connectivity index (χ0n) is 13.6. The molecule has 2 unspecified atom stereocenters. The fourth-order valence-corrected chi connectivity index (χ4v) is 2.83. The van der Waals surface area contributed by atoms with Gasteiger partial charge in [0.2, 0.25) is 0 Å². The molecular formula is C19H26O2. The van der Waals surface area contributed by atoms with Gasteiger partial charge in [-0.3, -0.25) is 0 Å². The van der Waals surface area contributed by atoms with E-state index < -0.39 is 6.10 Å². The molecule has 2 heteroatoms. The lowest BCUT2D eigenvalue weighted by molar-refractivity contribution is 0.0163. The van der Waals surface area contributed by atoms with Crippen molar-refractivity contribution in [3.8, 4) is 5.75 Å². The summed E-state index contributed by atoms with van der Waals surface area (Å²) in [5.41, 5.74) is 2.58. The summed E-state index contributed by atoms with van der Waals surface area (Å²) in [6.07, 6.45) is 6.13. The van der Waals surface area contributed by atoms with Crippen molar-refractivity contribution in [1.29, 1.82) is 0 Å². The van der Waals surface area contributed by atoms with Gasteiger partial charge in [0.1, 0.15) is 5.75 Å². The molecule has 21 heavy (non-hydrogen) atoms. The van der Waals surface area contributed by atoms with Crippen LogP contribution in [0.15, 0.2) is 42.0 Å². The van der Waals surface area contributed by atoms with Crippen molar-refractivity contribution in [2.24, 2.45) is 10.8 Å². The van der Waals surface area contributed by atoms with E-state index in [9.17, 15) is 10.2 Å². The lowest BCUT2D eigenvalue weighted by Gasteiger charge is -2.45. The number of hydrogen-bond acceptors (Lipinski definition) is 2. The molecule has 1 aliphatic carbocycles. The molecule has 1 aromatic rings. The molecule has 0 fully saturated rings. The lowest BCUT2D eigenvalue weighted by Crippen LogP contribution is -2.44. The van der Waals surface area contributed by atoms with Gasteiger partial charge in [-0.1, -0.05) is 63.6 Å². The zero-order valence-corrected chi connectivity index (χ0v) is 13.6. The predicted octanol–water partition coefficient (Wildman–Crippen LogP) is 4.15. The fraction of sp³-hybridized carbons (Fsp3) is 0.474. The maximum absolute atomic E-state index is 10.8. The van der Waals surface area contributed by atoms with E-state index in [1.54, 1.807) is 6.07 Å². The van der Waals surface area contributed by atoms with Gasteiger partial charge in [0, 0.05) is 5.41 Å². The molecule has 0 saturated heterocycles. The Morgan fingerprint density at radius 2 is 1.90 bits per heavy atom. The lowest BCUT2D eigenvalue weighted by atomic mass is 9.61. The molecule has 0 bridgehead atoms. The number of phenolic OH excluding ortho intramolecular Hbond substituents is 1. The van der Waals surface area contributed by atoms with Crippen molar-refractivity contribution in [3.63, 3.8) is 0 Å². The quantitative estimate of drug-likeness (QED) is 0.857. The summed E-state index contributed by atoms with van der Waals surface area (Å²) in [4.78, 5) is 0. The van der Waals surface area contributed by atoms with Crippen LogP contribution >= 0.6 is 0 Å². The summed E-state index contributed by atoms with van der Waals surface area (Å²) in [6, 6.07) is 5.60. The fourth-order valence-electron chi connectivity index (χ4n) is 2.83. The number of hydrogen-bond donors (Lipinski definition) is 2. The van der Waals surface area contributed by atoms with E-state index in [1.807, 2.05) is 31.2 Å². The Bertz CT molecular complexity index is 590. The predicted molar refractivity (Wildman–Crippen MR) is 87.3 cm³/mol. The van der Waals surface area contributed by atoms with Crippen molar-refractivity contribution in [2.45, 2.75) is 47.1 Å². The summed E-state index contributed by atoms with van der Waals surface area (Å²) in [6.45, 7) is 10.5. The summed E-state index contributed by atoms with van der Waals surface area (Å²) in [5, 5.41) is 20.9. The Morgan fingerprint density at radius 3 is 2.52 bits per heavy atom. The molecule has 0 aliphatic heterocycles. The van der Waals surface area contributed by atoms with Crippen LogP contribution in [0.1, 0.15) is 38.8 Å². The molecule has 1 aliphatic rings. The first-order valence-electron chi connectivity index (χ1n) is 7.50. The van der Waals surface area contributed by atoms with Crippen LogP contribution in [0.25, 0.3) is 0 Å². The van der Waals surface area contributed by atoms with E-state index in [0.29, 0.717) is 12.2 Å². The highest BCUT2D eigenvalue weighted by molar-refractivity contribution is 5.41. The molecule has 0 spiro atoms. The molecule has 0 radical (unpaired) electrons. The third-order valence-corrected chi connectivity index (χ3v) is 4.92. The second kappa shape index (κ2) is 5.34. The average Bonchev–Trinajstić information content (AvgIpc) is 2.38. The van der Waals surface area contributed by atoms with Gasteiger partial charge in [0.25, 0.3) is 0 Å². The molecule has 0 amide bonds. The number of aliphatic hydroxyl groups is 1. The minimum atomic E-state index is -0.539. The van der Waals surface area contributed by atoms with Crippen LogP contribution in [-0.4, -0.2) is 16.3 Å². The number of benzene rings is 1. The van der Waals surface area contributed by atoms with Crippen molar-refractivity contribution in [2.75, 3.05) is 0 Å². The molecule has 2 N–H and O–H groups in total. The van der Waals surface area contributed by atoms with Crippen LogP contribution in [0.5, 0.6) is 5.75 Å². The monoisotopic (exact) mass is 286 g/mol. The molecule has 0 saturated carbocycles. The largest absolute Gasteiger partial charge is 0.508 e. The number of aromatic hydroxyl groups is 1. The van der Waals surface area contributed by atoms with Crippen LogP contribution in [0.2, 0.25) is 0 Å². The standard InChI is InChI=1S/C19H26O2/c1-13-8-9-16(20)15(11-13)12-14-7-6-10-19(5,17(14)21)18(2,3)4/h6-11,17,20-21H,12H2,1-5H3. The van der Waals surface area contributed by atoms with Gasteiger partial charge < -0.3 is 10.2 Å². The smallest absolute Gasteiger partial charge is 0.119 e. The van der Waals surface area contributed by atoms with E-state index in [0.717, 1.165) is 16.7 Å². The summed E-state index contributed by atoms with van der Waals surface area (Å²) in [5.74, 6) is 0.292. The van der Waals surface area contributed by atoms with Crippen molar-refractivity contribution < 1.29 is 10.2 Å². The Morgan fingerprint density at radius 1 is 1.24 bits per heavy atom. The van der Waals surface area contributed by atoms with Crippen molar-refractivity contribution in [1.82, 2.24) is 0 Å². The Balaban J connectivity index is 2.32. The van der Waals surface area contributed by atoms with Gasteiger partial charge in [-0.05, 0) is 36.0 Å². The third-order valence-electron chi connectivity index (χ3n) is 4.92. The van der Waals surface area contributed by atoms with Gasteiger partial charge in [0.15, 0.2) is 0 Å². The maximum atomic E-state index is 10.8. The first kappa shape index (κ1) is 15.8. The van der Waals surface area contributed by atoms with Gasteiger partial charge in [-0.25, -0.2) is 0 Å². The topological polar surface area (TPSA) is 40.5 Å². The summed E-state index contributed by atoms with van der Waals surface area (Å²) < 4.78 is 0. The highest BCUT2D eigenvalue weighted by atomic mass is 16.3. The van der Waals surface area contributed by atoms with Gasteiger partial charge in [-0.15, -0.1) is 0 Å². The van der Waals surface area contributed by atoms with E-state index in [-0.39, 0.29) is 10.8 Å². The maximum Gasteiger partial charge on any atom is 0.119 e. The van der Waals surface area contributed by atoms with E-state index in [2.05, 4.69) is 33.8 Å². The van der Waals surface area contributed by atoms with Gasteiger partial charge in [-0.2, -0.15) is 0 Å². The highest BCUT2D eigenvalue weighted by Crippen LogP contribution is 2.47. The van der Waals surface area contributed by atoms with Crippen molar-refractivity contribution >= 4 is 0 Å². The second-order valence-electron chi connectivity index (χ2n) is 7.34. The van der Waals surface area contributed by atoms with Crippen LogP contribution in [0.4, 0.5) is 0 Å².